The summed E-state index contributed by atoms with van der Waals surface area (Å²) in [6.07, 6.45) is 1.14. The number of rotatable bonds is 4. The molecule has 2 amide bonds. The minimum Gasteiger partial charge on any atom is -0.507 e. The van der Waals surface area contributed by atoms with Crippen LogP contribution >= 0.6 is 0 Å². The van der Waals surface area contributed by atoms with Crippen LogP contribution in [0.4, 0.5) is 5.82 Å². The normalized spacial score (nSPS) is 15.2. The van der Waals surface area contributed by atoms with E-state index < -0.39 is 0 Å². The Morgan fingerprint density at radius 3 is 2.52 bits per heavy atom. The summed E-state index contributed by atoms with van der Waals surface area (Å²) in [7, 11) is 0. The van der Waals surface area contributed by atoms with Crippen molar-refractivity contribution >= 4 is 17.6 Å². The first kappa shape index (κ1) is 18.9. The maximum Gasteiger partial charge on any atom is 0.257 e. The van der Waals surface area contributed by atoms with E-state index in [1.165, 1.54) is 0 Å². The van der Waals surface area contributed by atoms with E-state index in [2.05, 4.69) is 10.5 Å². The van der Waals surface area contributed by atoms with Gasteiger partial charge in [-0.2, -0.15) is 0 Å². The number of carbonyl (C=O) groups excluding carboxylic acids is 2. The summed E-state index contributed by atoms with van der Waals surface area (Å²) in [5.41, 5.74) is 1.29. The highest BCUT2D eigenvalue weighted by Gasteiger charge is 2.29. The lowest BCUT2D eigenvalue weighted by Gasteiger charge is -2.31. The number of aromatic nitrogens is 1. The molecule has 1 aliphatic heterocycles. The zero-order chi connectivity index (χ0) is 19.6. The number of hydrogen-bond acceptors (Lipinski definition) is 5. The predicted molar refractivity (Wildman–Crippen MR) is 101 cm³/mol. The number of anilines is 1. The van der Waals surface area contributed by atoms with Crippen LogP contribution in [0.5, 0.6) is 5.75 Å². The zero-order valence-electron chi connectivity index (χ0n) is 15.9. The van der Waals surface area contributed by atoms with Crippen LogP contribution in [0.1, 0.15) is 54.3 Å². The molecule has 0 aliphatic carbocycles. The molecule has 0 atom stereocenters. The average molecular weight is 371 g/mol. The largest absolute Gasteiger partial charge is 0.507 e. The van der Waals surface area contributed by atoms with E-state index in [0.29, 0.717) is 43.1 Å². The van der Waals surface area contributed by atoms with Crippen LogP contribution in [-0.2, 0) is 4.79 Å². The van der Waals surface area contributed by atoms with Gasteiger partial charge in [-0.3, -0.25) is 9.59 Å². The van der Waals surface area contributed by atoms with E-state index in [4.69, 9.17) is 4.52 Å². The minimum absolute atomic E-state index is 0.00692. The second-order valence-electron chi connectivity index (χ2n) is 7.31. The molecule has 1 saturated heterocycles. The van der Waals surface area contributed by atoms with Gasteiger partial charge in [-0.05, 0) is 43.4 Å². The van der Waals surface area contributed by atoms with Crippen LogP contribution in [0.3, 0.4) is 0 Å². The summed E-state index contributed by atoms with van der Waals surface area (Å²) in [4.78, 5) is 26.7. The minimum atomic E-state index is -0.200. The summed E-state index contributed by atoms with van der Waals surface area (Å²) >= 11 is 0. The highest BCUT2D eigenvalue weighted by atomic mass is 16.5. The Balaban J connectivity index is 1.58. The Bertz CT molecular complexity index is 836. The summed E-state index contributed by atoms with van der Waals surface area (Å²) in [5.74, 6) is 0.840. The van der Waals surface area contributed by atoms with Crippen molar-refractivity contribution in [1.82, 2.24) is 10.1 Å². The molecule has 1 aromatic heterocycles. The maximum absolute atomic E-state index is 12.7. The molecule has 2 heterocycles. The lowest BCUT2D eigenvalue weighted by atomic mass is 9.95. The second kappa shape index (κ2) is 7.82. The SMILES string of the molecule is Cc1cc(NC(=O)C2CCN(C(=O)c3ccc(C(C)C)cc3O)CC2)no1. The molecule has 7 nitrogen and oxygen atoms in total. The summed E-state index contributed by atoms with van der Waals surface area (Å²) < 4.78 is 4.94. The van der Waals surface area contributed by atoms with Gasteiger partial charge >= 0.3 is 0 Å². The number of amides is 2. The van der Waals surface area contributed by atoms with Crippen molar-refractivity contribution in [2.45, 2.75) is 39.5 Å². The molecule has 0 radical (unpaired) electrons. The van der Waals surface area contributed by atoms with Crippen LogP contribution in [0.25, 0.3) is 0 Å². The first-order chi connectivity index (χ1) is 12.8. The van der Waals surface area contributed by atoms with Gasteiger partial charge in [-0.25, -0.2) is 0 Å². The van der Waals surface area contributed by atoms with E-state index in [-0.39, 0.29) is 29.4 Å². The molecule has 144 valence electrons. The van der Waals surface area contributed by atoms with Gasteiger partial charge in [0.25, 0.3) is 5.91 Å². The Labute approximate surface area is 158 Å². The van der Waals surface area contributed by atoms with E-state index in [9.17, 15) is 14.7 Å². The highest BCUT2D eigenvalue weighted by Crippen LogP contribution is 2.27. The molecule has 2 N–H and O–H groups in total. The first-order valence-electron chi connectivity index (χ1n) is 9.21. The molecule has 0 spiro atoms. The average Bonchev–Trinajstić information content (AvgIpc) is 3.05. The Kier molecular flexibility index (Phi) is 5.48. The number of piperidine rings is 1. The number of likely N-dealkylation sites (tertiary alicyclic amines) is 1. The number of aryl methyl sites for hydroxylation is 1. The van der Waals surface area contributed by atoms with E-state index in [0.717, 1.165) is 5.56 Å². The number of phenolic OH excluding ortho intramolecular Hbond substituents is 1. The van der Waals surface area contributed by atoms with Gasteiger partial charge in [0.1, 0.15) is 11.5 Å². The van der Waals surface area contributed by atoms with Crippen LogP contribution in [0, 0.1) is 12.8 Å². The fraction of sp³-hybridized carbons (Fsp3) is 0.450. The fourth-order valence-electron chi connectivity index (χ4n) is 3.26. The molecule has 3 rings (SSSR count). The van der Waals surface area contributed by atoms with Crippen molar-refractivity contribution < 1.29 is 19.2 Å². The number of nitrogens with one attached hydrogen (secondary N) is 1. The predicted octanol–water partition coefficient (Wildman–Crippen LogP) is 3.30. The van der Waals surface area contributed by atoms with Crippen LogP contribution in [0.15, 0.2) is 28.8 Å². The van der Waals surface area contributed by atoms with Gasteiger partial charge in [0.05, 0.1) is 5.56 Å². The number of carbonyl (C=O) groups is 2. The third kappa shape index (κ3) is 4.30. The molecule has 2 aromatic rings. The molecular weight excluding hydrogens is 346 g/mol. The monoisotopic (exact) mass is 371 g/mol. The molecule has 1 fully saturated rings. The Hall–Kier alpha value is -2.83. The molecule has 0 saturated carbocycles. The summed E-state index contributed by atoms with van der Waals surface area (Å²) in [6, 6.07) is 6.87. The van der Waals surface area contributed by atoms with E-state index in [1.54, 1.807) is 30.0 Å². The molecule has 0 bridgehead atoms. The van der Waals surface area contributed by atoms with E-state index in [1.807, 2.05) is 19.9 Å². The molecule has 1 aliphatic rings. The van der Waals surface area contributed by atoms with Crippen molar-refractivity contribution in [3.63, 3.8) is 0 Å². The van der Waals surface area contributed by atoms with Crippen molar-refractivity contribution in [2.75, 3.05) is 18.4 Å². The van der Waals surface area contributed by atoms with Crippen LogP contribution in [0.2, 0.25) is 0 Å². The van der Waals surface area contributed by atoms with Crippen molar-refractivity contribution in [2.24, 2.45) is 5.92 Å². The lowest BCUT2D eigenvalue weighted by Crippen LogP contribution is -2.41. The van der Waals surface area contributed by atoms with Gasteiger partial charge < -0.3 is 19.8 Å². The molecule has 0 unspecified atom stereocenters. The lowest BCUT2D eigenvalue weighted by molar-refractivity contribution is -0.121. The van der Waals surface area contributed by atoms with Gasteiger partial charge in [0, 0.05) is 25.1 Å². The molecule has 27 heavy (non-hydrogen) atoms. The Morgan fingerprint density at radius 2 is 1.96 bits per heavy atom. The van der Waals surface area contributed by atoms with Gasteiger partial charge in [0.2, 0.25) is 5.91 Å². The molecule has 7 heteroatoms. The van der Waals surface area contributed by atoms with Crippen LogP contribution < -0.4 is 5.32 Å². The third-order valence-corrected chi connectivity index (χ3v) is 4.95. The van der Waals surface area contributed by atoms with Crippen molar-refractivity contribution in [3.05, 3.63) is 41.2 Å². The first-order valence-corrected chi connectivity index (χ1v) is 9.21. The second-order valence-corrected chi connectivity index (χ2v) is 7.31. The van der Waals surface area contributed by atoms with Crippen molar-refractivity contribution in [3.8, 4) is 5.75 Å². The Morgan fingerprint density at radius 1 is 1.26 bits per heavy atom. The smallest absolute Gasteiger partial charge is 0.257 e. The number of benzene rings is 1. The number of nitrogens with zero attached hydrogens (tertiary/aromatic N) is 2. The van der Waals surface area contributed by atoms with Crippen LogP contribution in [-0.4, -0.2) is 40.1 Å². The van der Waals surface area contributed by atoms with Gasteiger partial charge in [0.15, 0.2) is 5.82 Å². The topological polar surface area (TPSA) is 95.7 Å². The summed E-state index contributed by atoms with van der Waals surface area (Å²) in [6.45, 7) is 6.77. The molecule has 1 aromatic carbocycles. The third-order valence-electron chi connectivity index (χ3n) is 4.95. The molecular formula is C20H25N3O4. The highest BCUT2D eigenvalue weighted by molar-refractivity contribution is 5.97. The summed E-state index contributed by atoms with van der Waals surface area (Å²) in [5, 5.41) is 16.7. The maximum atomic E-state index is 12.7. The van der Waals surface area contributed by atoms with Crippen molar-refractivity contribution in [1.29, 1.82) is 0 Å². The number of phenols is 1. The zero-order valence-corrected chi connectivity index (χ0v) is 15.9. The standard InChI is InChI=1S/C20H25N3O4/c1-12(2)15-4-5-16(17(24)11-15)20(26)23-8-6-14(7-9-23)19(25)21-18-10-13(3)27-22-18/h4-5,10-12,14,24H,6-9H2,1-3H3,(H,21,22,25). The van der Waals surface area contributed by atoms with E-state index >= 15 is 0 Å². The quantitative estimate of drug-likeness (QED) is 0.860. The fourth-order valence-corrected chi connectivity index (χ4v) is 3.26. The number of aromatic hydroxyl groups is 1. The van der Waals surface area contributed by atoms with Gasteiger partial charge in [-0.1, -0.05) is 25.1 Å². The number of hydrogen-bond donors (Lipinski definition) is 2. The van der Waals surface area contributed by atoms with Gasteiger partial charge in [-0.15, -0.1) is 0 Å².